The molecule has 162 valence electrons. The summed E-state index contributed by atoms with van der Waals surface area (Å²) in [5, 5.41) is 9.58. The third kappa shape index (κ3) is 5.27. The molecule has 0 bridgehead atoms. The Morgan fingerprint density at radius 2 is 1.90 bits per heavy atom. The second-order valence-electron chi connectivity index (χ2n) is 6.98. The lowest BCUT2D eigenvalue weighted by atomic mass is 10.2. The number of amidine groups is 1. The van der Waals surface area contributed by atoms with Gasteiger partial charge in [-0.3, -0.25) is 9.69 Å². The molecule has 2 aromatic rings. The van der Waals surface area contributed by atoms with E-state index in [1.807, 2.05) is 39.0 Å². The molecular weight excluding hydrogens is 416 g/mol. The summed E-state index contributed by atoms with van der Waals surface area (Å²) < 4.78 is 11.2. The predicted octanol–water partition coefficient (Wildman–Crippen LogP) is 4.80. The average Bonchev–Trinajstić information content (AvgIpc) is 3.03. The number of carboxylic acids is 1. The van der Waals surface area contributed by atoms with Crippen LogP contribution in [0.25, 0.3) is 6.08 Å². The number of ether oxygens (including phenoxy) is 2. The number of methoxy groups -OCH3 is 1. The minimum Gasteiger partial charge on any atom is -0.493 e. The number of carbonyl (C=O) groups is 2. The number of hydrogen-bond acceptors (Lipinski definition) is 6. The first-order valence-electron chi connectivity index (χ1n) is 9.80. The summed E-state index contributed by atoms with van der Waals surface area (Å²) in [5.41, 5.74) is 1.58. The number of hydrogen-bond donors (Lipinski definition) is 1. The van der Waals surface area contributed by atoms with Crippen LogP contribution in [0.5, 0.6) is 11.5 Å². The summed E-state index contributed by atoms with van der Waals surface area (Å²) in [6.45, 7) is 6.24. The molecule has 0 aromatic heterocycles. The molecule has 3 rings (SSSR count). The highest BCUT2D eigenvalue weighted by molar-refractivity contribution is 8.18. The number of aliphatic imine (C=N–C) groups is 1. The summed E-state index contributed by atoms with van der Waals surface area (Å²) in [6.07, 6.45) is 1.82. The zero-order valence-corrected chi connectivity index (χ0v) is 18.6. The van der Waals surface area contributed by atoms with Crippen molar-refractivity contribution in [1.82, 2.24) is 4.90 Å². The molecule has 1 amide bonds. The molecule has 0 spiro atoms. The Kier molecular flexibility index (Phi) is 7.02. The van der Waals surface area contributed by atoms with Crippen molar-refractivity contribution < 1.29 is 24.2 Å². The van der Waals surface area contributed by atoms with Crippen LogP contribution in [-0.4, -0.2) is 46.8 Å². The number of carboxylic acid groups (broad SMARTS) is 1. The number of aromatic carboxylic acids is 1. The van der Waals surface area contributed by atoms with Crippen LogP contribution in [0.4, 0.5) is 5.69 Å². The van der Waals surface area contributed by atoms with Gasteiger partial charge in [0.2, 0.25) is 0 Å². The molecule has 8 heteroatoms. The van der Waals surface area contributed by atoms with E-state index in [9.17, 15) is 9.59 Å². The van der Waals surface area contributed by atoms with Gasteiger partial charge in [0.25, 0.3) is 5.91 Å². The van der Waals surface area contributed by atoms with E-state index in [4.69, 9.17) is 14.6 Å². The van der Waals surface area contributed by atoms with E-state index in [0.717, 1.165) is 5.56 Å². The van der Waals surface area contributed by atoms with Crippen LogP contribution in [0.2, 0.25) is 0 Å². The van der Waals surface area contributed by atoms with Gasteiger partial charge in [0.05, 0.1) is 29.4 Å². The van der Waals surface area contributed by atoms with Crippen LogP contribution in [0, 0.1) is 0 Å². The van der Waals surface area contributed by atoms with Crippen LogP contribution in [0.1, 0.15) is 36.7 Å². The van der Waals surface area contributed by atoms with Gasteiger partial charge in [0.1, 0.15) is 0 Å². The molecule has 1 fully saturated rings. The summed E-state index contributed by atoms with van der Waals surface area (Å²) in [6, 6.07) is 11.7. The highest BCUT2D eigenvalue weighted by Gasteiger charge is 2.32. The lowest BCUT2D eigenvalue weighted by molar-refractivity contribution is -0.122. The van der Waals surface area contributed by atoms with Crippen molar-refractivity contribution in [2.45, 2.75) is 26.9 Å². The fourth-order valence-corrected chi connectivity index (χ4v) is 4.00. The van der Waals surface area contributed by atoms with Crippen molar-refractivity contribution in [3.05, 3.63) is 58.5 Å². The fourth-order valence-electron chi connectivity index (χ4n) is 2.94. The minimum atomic E-state index is -0.995. The van der Waals surface area contributed by atoms with Crippen LogP contribution < -0.4 is 9.47 Å². The maximum atomic E-state index is 12.9. The second kappa shape index (κ2) is 9.70. The first-order valence-corrected chi connectivity index (χ1v) is 10.6. The Labute approximate surface area is 185 Å². The molecule has 1 heterocycles. The number of benzene rings is 2. The van der Waals surface area contributed by atoms with Crippen molar-refractivity contribution in [1.29, 1.82) is 0 Å². The van der Waals surface area contributed by atoms with Gasteiger partial charge < -0.3 is 14.6 Å². The third-order valence-electron chi connectivity index (χ3n) is 4.39. The normalized spacial score (nSPS) is 16.4. The van der Waals surface area contributed by atoms with E-state index in [1.165, 1.54) is 23.9 Å². The first kappa shape index (κ1) is 22.4. The molecular formula is C23H24N2O5S. The molecule has 0 atom stereocenters. The summed E-state index contributed by atoms with van der Waals surface area (Å²) in [5.74, 6) is 0.116. The highest BCUT2D eigenvalue weighted by Crippen LogP contribution is 2.36. The Hall–Kier alpha value is -3.26. The number of carbonyl (C=O) groups excluding carboxylic acids is 1. The van der Waals surface area contributed by atoms with Crippen LogP contribution >= 0.6 is 11.8 Å². The van der Waals surface area contributed by atoms with E-state index in [-0.39, 0.29) is 17.6 Å². The molecule has 2 aromatic carbocycles. The van der Waals surface area contributed by atoms with E-state index < -0.39 is 5.97 Å². The lowest BCUT2D eigenvalue weighted by Gasteiger charge is -2.14. The minimum absolute atomic E-state index is 0.0199. The zero-order chi connectivity index (χ0) is 22.5. The van der Waals surface area contributed by atoms with Crippen molar-refractivity contribution in [2.24, 2.45) is 4.99 Å². The van der Waals surface area contributed by atoms with Crippen molar-refractivity contribution in [3.63, 3.8) is 0 Å². The van der Waals surface area contributed by atoms with Gasteiger partial charge in [0, 0.05) is 6.54 Å². The topological polar surface area (TPSA) is 88.4 Å². The molecule has 0 unspecified atom stereocenters. The number of likely N-dealkylation sites (N-methyl/N-ethyl adjacent to an activating group) is 1. The number of rotatable bonds is 7. The Bertz CT molecular complexity index is 1040. The summed E-state index contributed by atoms with van der Waals surface area (Å²) in [4.78, 5) is 30.6. The highest BCUT2D eigenvalue weighted by atomic mass is 32.2. The number of amides is 1. The molecule has 0 radical (unpaired) electrons. The molecule has 1 N–H and O–H groups in total. The average molecular weight is 441 g/mol. The molecule has 31 heavy (non-hydrogen) atoms. The standard InChI is InChI=1S/C23H24N2O5S/c1-5-25-21(26)20(13-15-6-11-18(30-14(2)3)19(12-15)29-4)31-23(25)24-17-9-7-16(8-10-17)22(27)28/h6-14H,5H2,1-4H3,(H,27,28)/b20-13+,24-23?. The quantitative estimate of drug-likeness (QED) is 0.622. The fraction of sp³-hybridized carbons (Fsp3) is 0.261. The van der Waals surface area contributed by atoms with Crippen molar-refractivity contribution >= 4 is 40.6 Å². The SMILES string of the molecule is CCN1C(=O)/C(=C\c2ccc(OC(C)C)c(OC)c2)SC1=Nc1ccc(C(=O)O)cc1. The molecule has 1 aliphatic rings. The molecule has 1 saturated heterocycles. The van der Waals surface area contributed by atoms with E-state index in [0.29, 0.717) is 33.8 Å². The van der Waals surface area contributed by atoms with Gasteiger partial charge in [-0.1, -0.05) is 6.07 Å². The second-order valence-corrected chi connectivity index (χ2v) is 7.99. The van der Waals surface area contributed by atoms with Gasteiger partial charge in [-0.15, -0.1) is 0 Å². The van der Waals surface area contributed by atoms with E-state index in [1.54, 1.807) is 30.2 Å². The van der Waals surface area contributed by atoms with Gasteiger partial charge >= 0.3 is 5.97 Å². The van der Waals surface area contributed by atoms with E-state index >= 15 is 0 Å². The summed E-state index contributed by atoms with van der Waals surface area (Å²) in [7, 11) is 1.58. The van der Waals surface area contributed by atoms with Crippen LogP contribution in [0.3, 0.4) is 0 Å². The Morgan fingerprint density at radius 1 is 1.19 bits per heavy atom. The van der Waals surface area contributed by atoms with Crippen molar-refractivity contribution in [2.75, 3.05) is 13.7 Å². The number of thioether (sulfide) groups is 1. The van der Waals surface area contributed by atoms with Gasteiger partial charge in [0.15, 0.2) is 16.7 Å². The molecule has 7 nitrogen and oxygen atoms in total. The zero-order valence-electron chi connectivity index (χ0n) is 17.8. The van der Waals surface area contributed by atoms with Gasteiger partial charge in [-0.05, 0) is 80.6 Å². The molecule has 0 aliphatic carbocycles. The van der Waals surface area contributed by atoms with Crippen LogP contribution in [-0.2, 0) is 4.79 Å². The maximum absolute atomic E-state index is 12.9. The smallest absolute Gasteiger partial charge is 0.335 e. The molecule has 1 aliphatic heterocycles. The van der Waals surface area contributed by atoms with E-state index in [2.05, 4.69) is 4.99 Å². The largest absolute Gasteiger partial charge is 0.493 e. The number of nitrogens with zero attached hydrogens (tertiary/aromatic N) is 2. The van der Waals surface area contributed by atoms with Crippen molar-refractivity contribution in [3.8, 4) is 11.5 Å². The maximum Gasteiger partial charge on any atom is 0.335 e. The first-order chi connectivity index (χ1) is 14.8. The third-order valence-corrected chi connectivity index (χ3v) is 5.40. The van der Waals surface area contributed by atoms with Gasteiger partial charge in [-0.2, -0.15) is 0 Å². The summed E-state index contributed by atoms with van der Waals surface area (Å²) >= 11 is 1.28. The lowest BCUT2D eigenvalue weighted by Crippen LogP contribution is -2.28. The van der Waals surface area contributed by atoms with Gasteiger partial charge in [-0.25, -0.2) is 9.79 Å². The predicted molar refractivity (Wildman–Crippen MR) is 122 cm³/mol. The monoisotopic (exact) mass is 440 g/mol. The Morgan fingerprint density at radius 3 is 2.48 bits per heavy atom. The molecule has 0 saturated carbocycles. The Balaban J connectivity index is 1.88. The van der Waals surface area contributed by atoms with Crippen LogP contribution in [0.15, 0.2) is 52.4 Å².